The summed E-state index contributed by atoms with van der Waals surface area (Å²) in [6.07, 6.45) is -0.201. The third kappa shape index (κ3) is 4.72. The van der Waals surface area contributed by atoms with Gasteiger partial charge in [0, 0.05) is 12.9 Å². The van der Waals surface area contributed by atoms with Gasteiger partial charge in [0.2, 0.25) is 0 Å². The highest BCUT2D eigenvalue weighted by atomic mass is 32.1. The summed E-state index contributed by atoms with van der Waals surface area (Å²) in [5.74, 6) is 0.514. The zero-order chi connectivity index (χ0) is 7.11. The molecule has 0 aliphatic rings. The minimum Gasteiger partial charge on any atom is -0.394 e. The van der Waals surface area contributed by atoms with Gasteiger partial charge in [-0.05, 0) is 0 Å². The largest absolute Gasteiger partial charge is 0.394 e. The second-order valence-corrected chi connectivity index (χ2v) is 1.93. The Hall–Kier alpha value is 0.230. The Morgan fingerprint density at radius 3 is 2.67 bits per heavy atom. The van der Waals surface area contributed by atoms with E-state index in [0.29, 0.717) is 5.75 Å². The number of hydrogen-bond donors (Lipinski definition) is 2. The van der Waals surface area contributed by atoms with Gasteiger partial charge in [0.05, 0.1) is 12.7 Å². The van der Waals surface area contributed by atoms with Gasteiger partial charge in [-0.15, -0.1) is 0 Å². The molecule has 0 amide bonds. The monoisotopic (exact) mass is 152 g/mol. The maximum Gasteiger partial charge on any atom is 0.146 e. The predicted octanol–water partition coefficient (Wildman–Crippen LogP) is -0.102. The van der Waals surface area contributed by atoms with Crippen LogP contribution in [0.25, 0.3) is 0 Å². The molecule has 0 spiro atoms. The van der Waals surface area contributed by atoms with Gasteiger partial charge >= 0.3 is 0 Å². The summed E-state index contributed by atoms with van der Waals surface area (Å²) < 4.78 is 9.55. The molecule has 0 saturated carbocycles. The summed E-state index contributed by atoms with van der Waals surface area (Å²) in [5.41, 5.74) is 0. The van der Waals surface area contributed by atoms with Crippen molar-refractivity contribution in [3.63, 3.8) is 0 Å². The minimum atomic E-state index is -0.201. The van der Waals surface area contributed by atoms with E-state index >= 15 is 0 Å². The van der Waals surface area contributed by atoms with Crippen molar-refractivity contribution < 1.29 is 14.6 Å². The number of aliphatic hydroxyl groups excluding tert-OH is 1. The lowest BCUT2D eigenvalue weighted by Gasteiger charge is -2.10. The fourth-order valence-corrected chi connectivity index (χ4v) is 0.548. The van der Waals surface area contributed by atoms with Crippen molar-refractivity contribution in [2.24, 2.45) is 0 Å². The lowest BCUT2D eigenvalue weighted by molar-refractivity contribution is -0.0779. The molecule has 0 aliphatic carbocycles. The Bertz CT molecular complexity index is 56.2. The van der Waals surface area contributed by atoms with Crippen LogP contribution in [0.15, 0.2) is 0 Å². The molecule has 0 saturated heterocycles. The van der Waals surface area contributed by atoms with Gasteiger partial charge in [0.25, 0.3) is 0 Å². The smallest absolute Gasteiger partial charge is 0.146 e. The predicted molar refractivity (Wildman–Crippen MR) is 37.7 cm³/mol. The fourth-order valence-electron chi connectivity index (χ4n) is 0.327. The van der Waals surface area contributed by atoms with Crippen LogP contribution in [-0.4, -0.2) is 37.5 Å². The summed E-state index contributed by atoms with van der Waals surface area (Å²) in [7, 11) is 1.53. The van der Waals surface area contributed by atoms with Gasteiger partial charge < -0.3 is 14.6 Å². The highest BCUT2D eigenvalue weighted by molar-refractivity contribution is 7.80. The molecule has 1 N–H and O–H groups in total. The molecule has 0 bridgehead atoms. The van der Waals surface area contributed by atoms with Crippen LogP contribution in [0.4, 0.5) is 0 Å². The van der Waals surface area contributed by atoms with Gasteiger partial charge in [0.1, 0.15) is 6.79 Å². The first-order chi connectivity index (χ1) is 4.35. The van der Waals surface area contributed by atoms with Crippen LogP contribution < -0.4 is 0 Å². The molecule has 0 aromatic rings. The molecule has 0 radical (unpaired) electrons. The highest BCUT2D eigenvalue weighted by Crippen LogP contribution is 1.92. The Kier molecular flexibility index (Phi) is 6.51. The van der Waals surface area contributed by atoms with Crippen LogP contribution >= 0.6 is 12.6 Å². The topological polar surface area (TPSA) is 38.7 Å². The van der Waals surface area contributed by atoms with E-state index in [1.807, 2.05) is 0 Å². The molecular formula is C5H12O3S. The normalized spacial score (nSPS) is 13.7. The van der Waals surface area contributed by atoms with Crippen molar-refractivity contribution in [2.45, 2.75) is 6.10 Å². The average Bonchev–Trinajstić information content (AvgIpc) is 1.91. The summed E-state index contributed by atoms with van der Waals surface area (Å²) in [6, 6.07) is 0. The van der Waals surface area contributed by atoms with Crippen molar-refractivity contribution in [1.29, 1.82) is 0 Å². The van der Waals surface area contributed by atoms with E-state index in [4.69, 9.17) is 9.84 Å². The number of hydrogen-bond acceptors (Lipinski definition) is 4. The standard InChI is InChI=1S/C5H12O3S/c1-7-4-8-5(2-6)3-9/h5-6,9H,2-4H2,1H3/t5-/m0/s1. The molecule has 0 aromatic heterocycles. The summed E-state index contributed by atoms with van der Waals surface area (Å²) in [5, 5.41) is 8.52. The summed E-state index contributed by atoms with van der Waals surface area (Å²) in [6.45, 7) is 0.207. The zero-order valence-electron chi connectivity index (χ0n) is 5.41. The molecule has 1 atom stereocenters. The van der Waals surface area contributed by atoms with Crippen LogP contribution in [0.5, 0.6) is 0 Å². The molecule has 0 aromatic carbocycles. The van der Waals surface area contributed by atoms with Crippen molar-refractivity contribution in [3.05, 3.63) is 0 Å². The van der Waals surface area contributed by atoms with Crippen LogP contribution in [0, 0.1) is 0 Å². The van der Waals surface area contributed by atoms with Gasteiger partial charge in [-0.25, -0.2) is 0 Å². The lowest BCUT2D eigenvalue weighted by atomic mass is 10.4. The second-order valence-electron chi connectivity index (χ2n) is 1.56. The maximum absolute atomic E-state index is 8.52. The third-order valence-electron chi connectivity index (χ3n) is 0.829. The van der Waals surface area contributed by atoms with Crippen LogP contribution in [0.3, 0.4) is 0 Å². The maximum atomic E-state index is 8.52. The first-order valence-corrected chi connectivity index (χ1v) is 3.30. The molecule has 0 fully saturated rings. The van der Waals surface area contributed by atoms with Crippen molar-refractivity contribution in [2.75, 3.05) is 26.3 Å². The molecular weight excluding hydrogens is 140 g/mol. The number of rotatable bonds is 5. The quantitative estimate of drug-likeness (QED) is 0.427. The molecule has 0 rings (SSSR count). The molecule has 4 heteroatoms. The molecule has 9 heavy (non-hydrogen) atoms. The molecule has 56 valence electrons. The van der Waals surface area contributed by atoms with Gasteiger partial charge in [0.15, 0.2) is 0 Å². The number of aliphatic hydroxyl groups is 1. The molecule has 0 heterocycles. The molecule has 3 nitrogen and oxygen atoms in total. The number of methoxy groups -OCH3 is 1. The number of thiol groups is 1. The Balaban J connectivity index is 3.09. The lowest BCUT2D eigenvalue weighted by Crippen LogP contribution is -2.20. The first kappa shape index (κ1) is 9.23. The first-order valence-electron chi connectivity index (χ1n) is 2.67. The van der Waals surface area contributed by atoms with Crippen molar-refractivity contribution >= 4 is 12.6 Å². The van der Waals surface area contributed by atoms with E-state index in [0.717, 1.165) is 0 Å². The van der Waals surface area contributed by atoms with Gasteiger partial charge in [-0.1, -0.05) is 0 Å². The summed E-state index contributed by atoms with van der Waals surface area (Å²) >= 11 is 3.93. The SMILES string of the molecule is COCO[C@@H](CO)CS. The van der Waals surface area contributed by atoms with E-state index in [2.05, 4.69) is 17.4 Å². The zero-order valence-corrected chi connectivity index (χ0v) is 6.30. The van der Waals surface area contributed by atoms with Crippen LogP contribution in [0.2, 0.25) is 0 Å². The second kappa shape index (κ2) is 6.35. The van der Waals surface area contributed by atoms with E-state index < -0.39 is 0 Å². The van der Waals surface area contributed by atoms with E-state index in [1.165, 1.54) is 7.11 Å². The third-order valence-corrected chi connectivity index (χ3v) is 1.24. The average molecular weight is 152 g/mol. The van der Waals surface area contributed by atoms with E-state index in [9.17, 15) is 0 Å². The summed E-state index contributed by atoms with van der Waals surface area (Å²) in [4.78, 5) is 0. The van der Waals surface area contributed by atoms with E-state index in [-0.39, 0.29) is 19.5 Å². The Labute approximate surface area is 60.4 Å². The Morgan fingerprint density at radius 2 is 2.33 bits per heavy atom. The Morgan fingerprint density at radius 1 is 1.67 bits per heavy atom. The molecule has 0 unspecified atom stereocenters. The van der Waals surface area contributed by atoms with Crippen molar-refractivity contribution in [1.82, 2.24) is 0 Å². The number of ether oxygens (including phenoxy) is 2. The van der Waals surface area contributed by atoms with Crippen molar-refractivity contribution in [3.8, 4) is 0 Å². The van der Waals surface area contributed by atoms with Gasteiger partial charge in [-0.2, -0.15) is 12.6 Å². The highest BCUT2D eigenvalue weighted by Gasteiger charge is 2.02. The van der Waals surface area contributed by atoms with Gasteiger partial charge in [-0.3, -0.25) is 0 Å². The van der Waals surface area contributed by atoms with Crippen LogP contribution in [0.1, 0.15) is 0 Å². The van der Waals surface area contributed by atoms with Crippen LogP contribution in [-0.2, 0) is 9.47 Å². The van der Waals surface area contributed by atoms with E-state index in [1.54, 1.807) is 0 Å². The fraction of sp³-hybridized carbons (Fsp3) is 1.00. The molecule has 0 aliphatic heterocycles. The minimum absolute atomic E-state index is 0.00708.